The van der Waals surface area contributed by atoms with E-state index in [0.29, 0.717) is 5.75 Å². The van der Waals surface area contributed by atoms with Gasteiger partial charge in [-0.2, -0.15) is 5.26 Å². The second kappa shape index (κ2) is 7.26. The zero-order valence-electron chi connectivity index (χ0n) is 12.8. The number of nitriles is 1. The van der Waals surface area contributed by atoms with Crippen LogP contribution in [0.25, 0.3) is 11.6 Å². The number of halogens is 1. The van der Waals surface area contributed by atoms with E-state index in [9.17, 15) is 9.65 Å². The summed E-state index contributed by atoms with van der Waals surface area (Å²) in [5.74, 6) is 0.969. The summed E-state index contributed by atoms with van der Waals surface area (Å²) in [4.78, 5) is 0. The Kier molecular flexibility index (Phi) is 4.69. The molecule has 0 saturated carbocycles. The minimum absolute atomic E-state index is 0.268. The van der Waals surface area contributed by atoms with Crippen LogP contribution >= 0.6 is 0 Å². The monoisotopic (exact) mass is 315 g/mol. The van der Waals surface area contributed by atoms with Gasteiger partial charge in [-0.1, -0.05) is 48.5 Å². The van der Waals surface area contributed by atoms with Gasteiger partial charge in [0.1, 0.15) is 17.3 Å². The van der Waals surface area contributed by atoms with E-state index >= 15 is 0 Å². The fourth-order valence-electron chi connectivity index (χ4n) is 2.31. The molecule has 0 aliphatic heterocycles. The van der Waals surface area contributed by atoms with Gasteiger partial charge in [0.05, 0.1) is 11.6 Å². The first-order chi connectivity index (χ1) is 11.8. The minimum atomic E-state index is -0.415. The van der Waals surface area contributed by atoms with Crippen molar-refractivity contribution in [1.29, 1.82) is 5.26 Å². The van der Waals surface area contributed by atoms with Gasteiger partial charge in [-0.15, -0.1) is 0 Å². The zero-order chi connectivity index (χ0) is 16.8. The quantitative estimate of drug-likeness (QED) is 0.458. The Morgan fingerprint density at radius 3 is 2.33 bits per heavy atom. The van der Waals surface area contributed by atoms with Gasteiger partial charge in [0.25, 0.3) is 0 Å². The fourth-order valence-corrected chi connectivity index (χ4v) is 2.31. The van der Waals surface area contributed by atoms with E-state index in [1.165, 1.54) is 6.07 Å². The Morgan fingerprint density at radius 2 is 1.58 bits per heavy atom. The van der Waals surface area contributed by atoms with E-state index in [1.54, 1.807) is 24.3 Å². The van der Waals surface area contributed by atoms with E-state index in [2.05, 4.69) is 6.07 Å². The van der Waals surface area contributed by atoms with Crippen molar-refractivity contribution in [2.24, 2.45) is 0 Å². The maximum absolute atomic E-state index is 13.9. The first-order valence-corrected chi connectivity index (χ1v) is 7.46. The number of benzene rings is 3. The highest BCUT2D eigenvalue weighted by Gasteiger charge is 2.07. The molecule has 0 amide bonds. The van der Waals surface area contributed by atoms with Crippen molar-refractivity contribution < 1.29 is 9.13 Å². The summed E-state index contributed by atoms with van der Waals surface area (Å²) in [5.41, 5.74) is 1.32. The lowest BCUT2D eigenvalue weighted by Crippen LogP contribution is -1.88. The summed E-state index contributed by atoms with van der Waals surface area (Å²) in [5, 5.41) is 9.35. The fraction of sp³-hybridized carbons (Fsp3) is 0. The van der Waals surface area contributed by atoms with Crippen LogP contribution in [0, 0.1) is 17.1 Å². The lowest BCUT2D eigenvalue weighted by atomic mass is 10.0. The molecule has 116 valence electrons. The van der Waals surface area contributed by atoms with Crippen molar-refractivity contribution >= 4 is 11.6 Å². The molecule has 0 spiro atoms. The van der Waals surface area contributed by atoms with Gasteiger partial charge in [-0.05, 0) is 42.0 Å². The van der Waals surface area contributed by atoms with Crippen LogP contribution in [0.2, 0.25) is 0 Å². The summed E-state index contributed by atoms with van der Waals surface area (Å²) in [6.07, 6.45) is 1.65. The van der Waals surface area contributed by atoms with Crippen molar-refractivity contribution in [2.45, 2.75) is 0 Å². The number of nitrogens with zero attached hydrogens (tertiary/aromatic N) is 1. The second-order valence-electron chi connectivity index (χ2n) is 5.14. The van der Waals surface area contributed by atoms with E-state index in [-0.39, 0.29) is 11.1 Å². The molecule has 3 aromatic carbocycles. The molecule has 0 fully saturated rings. The zero-order valence-corrected chi connectivity index (χ0v) is 12.8. The molecule has 0 atom stereocenters. The van der Waals surface area contributed by atoms with Crippen molar-refractivity contribution in [1.82, 2.24) is 0 Å². The maximum atomic E-state index is 13.9. The van der Waals surface area contributed by atoms with E-state index in [0.717, 1.165) is 11.3 Å². The van der Waals surface area contributed by atoms with Crippen LogP contribution in [-0.2, 0) is 0 Å². The SMILES string of the molecule is N#CC(=Cc1cccc(Oc2ccccc2)c1)c1ccccc1F. The molecular weight excluding hydrogens is 301 g/mol. The van der Waals surface area contributed by atoms with Crippen molar-refractivity contribution in [3.63, 3.8) is 0 Å². The van der Waals surface area contributed by atoms with Crippen molar-refractivity contribution in [3.8, 4) is 17.6 Å². The Labute approximate surface area is 140 Å². The van der Waals surface area contributed by atoms with Crippen LogP contribution in [0.5, 0.6) is 11.5 Å². The molecule has 3 rings (SSSR count). The number of ether oxygens (including phenoxy) is 1. The molecule has 3 aromatic rings. The van der Waals surface area contributed by atoms with Gasteiger partial charge in [-0.25, -0.2) is 4.39 Å². The van der Waals surface area contributed by atoms with Gasteiger partial charge in [-0.3, -0.25) is 0 Å². The molecule has 3 heteroatoms. The average molecular weight is 315 g/mol. The van der Waals surface area contributed by atoms with Crippen LogP contribution in [0.1, 0.15) is 11.1 Å². The standard InChI is InChI=1S/C21H14FNO/c22-21-12-5-4-11-20(21)17(15-23)13-16-7-6-10-19(14-16)24-18-8-2-1-3-9-18/h1-14H. The van der Waals surface area contributed by atoms with Crippen LogP contribution in [0.15, 0.2) is 78.9 Å². The molecule has 0 saturated heterocycles. The Hall–Kier alpha value is -3.38. The number of para-hydroxylation sites is 1. The predicted molar refractivity (Wildman–Crippen MR) is 92.8 cm³/mol. The maximum Gasteiger partial charge on any atom is 0.131 e. The first kappa shape index (κ1) is 15.5. The molecule has 0 N–H and O–H groups in total. The van der Waals surface area contributed by atoms with Gasteiger partial charge in [0.2, 0.25) is 0 Å². The molecule has 2 nitrogen and oxygen atoms in total. The molecule has 0 unspecified atom stereocenters. The molecule has 0 bridgehead atoms. The third-order valence-corrected chi connectivity index (χ3v) is 3.43. The Bertz CT molecular complexity index is 910. The number of rotatable bonds is 4. The second-order valence-corrected chi connectivity index (χ2v) is 5.14. The highest BCUT2D eigenvalue weighted by Crippen LogP contribution is 2.25. The lowest BCUT2D eigenvalue weighted by Gasteiger charge is -2.06. The number of allylic oxidation sites excluding steroid dienone is 1. The van der Waals surface area contributed by atoms with Crippen molar-refractivity contribution in [3.05, 3.63) is 95.8 Å². The van der Waals surface area contributed by atoms with E-state index in [1.807, 2.05) is 54.6 Å². The Morgan fingerprint density at radius 1 is 0.875 bits per heavy atom. The van der Waals surface area contributed by atoms with Gasteiger partial charge in [0, 0.05) is 5.56 Å². The third kappa shape index (κ3) is 3.68. The topological polar surface area (TPSA) is 33.0 Å². The molecule has 0 aliphatic carbocycles. The molecule has 0 heterocycles. The predicted octanol–water partition coefficient (Wildman–Crippen LogP) is 5.68. The summed E-state index contributed by atoms with van der Waals surface area (Å²) >= 11 is 0. The van der Waals surface area contributed by atoms with Crippen molar-refractivity contribution in [2.75, 3.05) is 0 Å². The third-order valence-electron chi connectivity index (χ3n) is 3.43. The molecular formula is C21H14FNO. The van der Waals surface area contributed by atoms with E-state index < -0.39 is 5.82 Å². The smallest absolute Gasteiger partial charge is 0.131 e. The van der Waals surface area contributed by atoms with Crippen LogP contribution < -0.4 is 4.74 Å². The highest BCUT2D eigenvalue weighted by atomic mass is 19.1. The van der Waals surface area contributed by atoms with E-state index in [4.69, 9.17) is 4.74 Å². The number of hydrogen-bond acceptors (Lipinski definition) is 2. The molecule has 0 aromatic heterocycles. The normalized spacial score (nSPS) is 10.9. The lowest BCUT2D eigenvalue weighted by molar-refractivity contribution is 0.482. The average Bonchev–Trinajstić information content (AvgIpc) is 2.62. The van der Waals surface area contributed by atoms with Gasteiger partial charge >= 0.3 is 0 Å². The molecule has 0 radical (unpaired) electrons. The van der Waals surface area contributed by atoms with Crippen LogP contribution in [0.4, 0.5) is 4.39 Å². The summed E-state index contributed by atoms with van der Waals surface area (Å²) < 4.78 is 19.7. The molecule has 0 aliphatic rings. The van der Waals surface area contributed by atoms with Gasteiger partial charge < -0.3 is 4.74 Å². The summed E-state index contributed by atoms with van der Waals surface area (Å²) in [6, 6.07) is 25.1. The molecule has 24 heavy (non-hydrogen) atoms. The first-order valence-electron chi connectivity index (χ1n) is 7.46. The number of hydrogen-bond donors (Lipinski definition) is 0. The summed E-state index contributed by atoms with van der Waals surface area (Å²) in [7, 11) is 0. The summed E-state index contributed by atoms with van der Waals surface area (Å²) in [6.45, 7) is 0. The largest absolute Gasteiger partial charge is 0.457 e. The van der Waals surface area contributed by atoms with Crippen LogP contribution in [0.3, 0.4) is 0 Å². The van der Waals surface area contributed by atoms with Gasteiger partial charge in [0.15, 0.2) is 0 Å². The Balaban J connectivity index is 1.91. The highest BCUT2D eigenvalue weighted by molar-refractivity contribution is 5.89. The van der Waals surface area contributed by atoms with Crippen LogP contribution in [-0.4, -0.2) is 0 Å². The minimum Gasteiger partial charge on any atom is -0.457 e.